The fourth-order valence-electron chi connectivity index (χ4n) is 4.28. The Kier molecular flexibility index (Phi) is 4.81. The van der Waals surface area contributed by atoms with Gasteiger partial charge in [0.05, 0.1) is 5.92 Å². The van der Waals surface area contributed by atoms with Crippen LogP contribution >= 0.6 is 11.3 Å². The zero-order chi connectivity index (χ0) is 18.0. The molecule has 4 nitrogen and oxygen atoms in total. The maximum atomic E-state index is 12.7. The van der Waals surface area contributed by atoms with Gasteiger partial charge < -0.3 is 10.2 Å². The van der Waals surface area contributed by atoms with Crippen LogP contribution in [0.15, 0.2) is 47.8 Å². The van der Waals surface area contributed by atoms with Gasteiger partial charge in [-0.15, -0.1) is 11.3 Å². The predicted octanol–water partition coefficient (Wildman–Crippen LogP) is 3.73. The standard InChI is InChI=1S/C21H24N2O2S/c24-19-13-16(14-23(19)17-7-2-1-3-8-17)20(25)22-15-21(10-4-5-11-21)18-9-6-12-26-18/h1-3,6-9,12,16H,4-5,10-11,13-15H2,(H,22,25)/t16-/m0/s1. The lowest BCUT2D eigenvalue weighted by molar-refractivity contribution is -0.126. The van der Waals surface area contributed by atoms with Crippen LogP contribution in [0.1, 0.15) is 37.0 Å². The first-order chi connectivity index (χ1) is 12.7. The van der Waals surface area contributed by atoms with Gasteiger partial charge in [-0.25, -0.2) is 0 Å². The SMILES string of the molecule is O=C(NCC1(c2cccs2)CCCC1)[C@H]1CC(=O)N(c2ccccc2)C1. The summed E-state index contributed by atoms with van der Waals surface area (Å²) < 4.78 is 0. The molecule has 4 rings (SSSR count). The molecule has 1 aliphatic heterocycles. The molecule has 0 radical (unpaired) electrons. The molecule has 2 aromatic rings. The van der Waals surface area contributed by atoms with Crippen LogP contribution in [0.25, 0.3) is 0 Å². The third-order valence-electron chi connectivity index (χ3n) is 5.77. The molecule has 2 heterocycles. The Hall–Kier alpha value is -2.14. The third-order valence-corrected chi connectivity index (χ3v) is 6.89. The van der Waals surface area contributed by atoms with E-state index in [2.05, 4.69) is 22.8 Å². The molecule has 2 fully saturated rings. The van der Waals surface area contributed by atoms with E-state index < -0.39 is 0 Å². The fourth-order valence-corrected chi connectivity index (χ4v) is 5.27. The highest BCUT2D eigenvalue weighted by molar-refractivity contribution is 7.10. The average molecular weight is 369 g/mol. The first kappa shape index (κ1) is 17.3. The van der Waals surface area contributed by atoms with Crippen LogP contribution in [-0.2, 0) is 15.0 Å². The molecule has 2 aliphatic rings. The number of anilines is 1. The summed E-state index contributed by atoms with van der Waals surface area (Å²) in [6.07, 6.45) is 5.00. The van der Waals surface area contributed by atoms with E-state index in [0.717, 1.165) is 18.5 Å². The monoisotopic (exact) mass is 368 g/mol. The van der Waals surface area contributed by atoms with E-state index in [1.807, 2.05) is 30.3 Å². The van der Waals surface area contributed by atoms with E-state index in [9.17, 15) is 9.59 Å². The summed E-state index contributed by atoms with van der Waals surface area (Å²) in [6, 6.07) is 13.9. The molecule has 1 saturated carbocycles. The molecular formula is C21H24N2O2S. The molecule has 0 unspecified atom stereocenters. The van der Waals surface area contributed by atoms with Gasteiger partial charge in [-0.1, -0.05) is 37.1 Å². The molecule has 1 aromatic heterocycles. The Bertz CT molecular complexity index is 767. The lowest BCUT2D eigenvalue weighted by Gasteiger charge is -2.28. The van der Waals surface area contributed by atoms with Crippen LogP contribution in [0.3, 0.4) is 0 Å². The van der Waals surface area contributed by atoms with Crippen molar-refractivity contribution in [3.8, 4) is 0 Å². The van der Waals surface area contributed by atoms with Crippen molar-refractivity contribution >= 4 is 28.8 Å². The Balaban J connectivity index is 1.40. The molecule has 1 aromatic carbocycles. The molecule has 1 atom stereocenters. The Morgan fingerprint density at radius 3 is 2.62 bits per heavy atom. The number of nitrogens with one attached hydrogen (secondary N) is 1. The van der Waals surface area contributed by atoms with Gasteiger partial charge in [0.1, 0.15) is 0 Å². The van der Waals surface area contributed by atoms with Gasteiger partial charge in [-0.05, 0) is 36.4 Å². The smallest absolute Gasteiger partial charge is 0.227 e. The molecule has 1 saturated heterocycles. The quantitative estimate of drug-likeness (QED) is 0.874. The highest BCUT2D eigenvalue weighted by Crippen LogP contribution is 2.42. The van der Waals surface area contributed by atoms with E-state index in [0.29, 0.717) is 19.5 Å². The minimum Gasteiger partial charge on any atom is -0.355 e. The number of nitrogens with zero attached hydrogens (tertiary/aromatic N) is 1. The van der Waals surface area contributed by atoms with E-state index in [1.54, 1.807) is 16.2 Å². The average Bonchev–Trinajstić information content (AvgIpc) is 3.41. The second kappa shape index (κ2) is 7.23. The normalized spacial score (nSPS) is 21.9. The molecule has 1 aliphatic carbocycles. The number of thiophene rings is 1. The molecule has 2 amide bonds. The van der Waals surface area contributed by atoms with Crippen molar-refractivity contribution in [3.63, 3.8) is 0 Å². The minimum atomic E-state index is -0.260. The molecule has 136 valence electrons. The molecule has 5 heteroatoms. The van der Waals surface area contributed by atoms with Crippen molar-refractivity contribution in [1.82, 2.24) is 5.32 Å². The van der Waals surface area contributed by atoms with Gasteiger partial charge in [0, 0.05) is 35.5 Å². The van der Waals surface area contributed by atoms with Gasteiger partial charge in [0.2, 0.25) is 11.8 Å². The number of hydrogen-bond acceptors (Lipinski definition) is 3. The maximum Gasteiger partial charge on any atom is 0.227 e. The van der Waals surface area contributed by atoms with E-state index in [-0.39, 0.29) is 23.1 Å². The second-order valence-corrected chi connectivity index (χ2v) is 8.37. The van der Waals surface area contributed by atoms with Crippen molar-refractivity contribution in [2.75, 3.05) is 18.0 Å². The predicted molar refractivity (Wildman–Crippen MR) is 104 cm³/mol. The number of hydrogen-bond donors (Lipinski definition) is 1. The van der Waals surface area contributed by atoms with E-state index >= 15 is 0 Å². The van der Waals surface area contributed by atoms with Crippen molar-refractivity contribution in [1.29, 1.82) is 0 Å². The topological polar surface area (TPSA) is 49.4 Å². The summed E-state index contributed by atoms with van der Waals surface area (Å²) in [4.78, 5) is 28.2. The molecule has 26 heavy (non-hydrogen) atoms. The van der Waals surface area contributed by atoms with Crippen molar-refractivity contribution in [2.24, 2.45) is 5.92 Å². The first-order valence-corrected chi connectivity index (χ1v) is 10.2. The summed E-state index contributed by atoms with van der Waals surface area (Å²) >= 11 is 1.79. The van der Waals surface area contributed by atoms with Crippen LogP contribution in [0, 0.1) is 5.92 Å². The van der Waals surface area contributed by atoms with Crippen LogP contribution < -0.4 is 10.2 Å². The number of para-hydroxylation sites is 1. The molecule has 0 spiro atoms. The largest absolute Gasteiger partial charge is 0.355 e. The van der Waals surface area contributed by atoms with Crippen LogP contribution in [0.5, 0.6) is 0 Å². The summed E-state index contributed by atoms with van der Waals surface area (Å²) in [7, 11) is 0. The van der Waals surface area contributed by atoms with Gasteiger partial charge in [0.15, 0.2) is 0 Å². The molecule has 1 N–H and O–H groups in total. The number of amides is 2. The highest BCUT2D eigenvalue weighted by atomic mass is 32.1. The summed E-state index contributed by atoms with van der Waals surface area (Å²) in [5.41, 5.74) is 0.963. The van der Waals surface area contributed by atoms with Gasteiger partial charge in [-0.2, -0.15) is 0 Å². The van der Waals surface area contributed by atoms with Crippen molar-refractivity contribution < 1.29 is 9.59 Å². The number of carbonyl (C=O) groups is 2. The Morgan fingerprint density at radius 2 is 1.92 bits per heavy atom. The second-order valence-electron chi connectivity index (χ2n) is 7.42. The summed E-state index contributed by atoms with van der Waals surface area (Å²) in [5, 5.41) is 5.29. The maximum absolute atomic E-state index is 12.7. The van der Waals surface area contributed by atoms with Crippen molar-refractivity contribution in [3.05, 3.63) is 52.7 Å². The van der Waals surface area contributed by atoms with Gasteiger partial charge in [0.25, 0.3) is 0 Å². The van der Waals surface area contributed by atoms with Crippen LogP contribution in [0.4, 0.5) is 5.69 Å². The van der Waals surface area contributed by atoms with Crippen molar-refractivity contribution in [2.45, 2.75) is 37.5 Å². The first-order valence-electron chi connectivity index (χ1n) is 9.35. The third kappa shape index (κ3) is 3.28. The minimum absolute atomic E-state index is 0.0135. The van der Waals surface area contributed by atoms with E-state index in [4.69, 9.17) is 0 Å². The Morgan fingerprint density at radius 1 is 1.15 bits per heavy atom. The zero-order valence-corrected chi connectivity index (χ0v) is 15.6. The number of benzene rings is 1. The fraction of sp³-hybridized carbons (Fsp3) is 0.429. The lowest BCUT2D eigenvalue weighted by Crippen LogP contribution is -2.41. The summed E-state index contributed by atoms with van der Waals surface area (Å²) in [5.74, 6) is -0.214. The molecular weight excluding hydrogens is 344 g/mol. The number of rotatable bonds is 5. The Labute approximate surface area is 158 Å². The molecule has 0 bridgehead atoms. The zero-order valence-electron chi connectivity index (χ0n) is 14.8. The highest BCUT2D eigenvalue weighted by Gasteiger charge is 2.39. The van der Waals surface area contributed by atoms with Crippen LogP contribution in [0.2, 0.25) is 0 Å². The van der Waals surface area contributed by atoms with Crippen LogP contribution in [-0.4, -0.2) is 24.9 Å². The summed E-state index contributed by atoms with van der Waals surface area (Å²) in [6.45, 7) is 1.16. The van der Waals surface area contributed by atoms with Gasteiger partial charge in [-0.3, -0.25) is 9.59 Å². The van der Waals surface area contributed by atoms with E-state index in [1.165, 1.54) is 17.7 Å². The van der Waals surface area contributed by atoms with Gasteiger partial charge >= 0.3 is 0 Å². The number of carbonyl (C=O) groups excluding carboxylic acids is 2. The lowest BCUT2D eigenvalue weighted by atomic mass is 9.84.